The number of carbonyl (C=O) groups excluding carboxylic acids is 4. The number of hydrogen-bond acceptors (Lipinski definition) is 5. The van der Waals surface area contributed by atoms with Gasteiger partial charge >= 0.3 is 6.03 Å². The molecule has 3 aliphatic rings. The molecular formula is C25H27N5O4. The minimum Gasteiger partial charge on any atom is -0.322 e. The van der Waals surface area contributed by atoms with Crippen molar-refractivity contribution >= 4 is 35.1 Å². The second kappa shape index (κ2) is 8.57. The van der Waals surface area contributed by atoms with E-state index in [1.807, 2.05) is 37.2 Å². The van der Waals surface area contributed by atoms with Gasteiger partial charge in [0.25, 0.3) is 5.91 Å². The Bertz CT molecular complexity index is 1190. The number of likely N-dealkylation sites (N-methyl/N-ethyl adjacent to an activating group) is 1. The van der Waals surface area contributed by atoms with Crippen LogP contribution in [0.3, 0.4) is 0 Å². The van der Waals surface area contributed by atoms with Gasteiger partial charge in [-0.3, -0.25) is 24.6 Å². The number of imide groups is 1. The molecule has 0 saturated carbocycles. The number of fused-ring (bicyclic) bond motifs is 2. The highest BCUT2D eigenvalue weighted by atomic mass is 16.2. The number of nitrogens with zero attached hydrogens (tertiary/aromatic N) is 3. The Labute approximate surface area is 197 Å². The van der Waals surface area contributed by atoms with Crippen LogP contribution in [0.25, 0.3) is 0 Å². The van der Waals surface area contributed by atoms with Crippen molar-refractivity contribution < 1.29 is 19.2 Å². The van der Waals surface area contributed by atoms with Crippen LogP contribution in [-0.4, -0.2) is 66.3 Å². The quantitative estimate of drug-likeness (QED) is 0.678. The van der Waals surface area contributed by atoms with Crippen molar-refractivity contribution in [3.8, 4) is 0 Å². The van der Waals surface area contributed by atoms with Crippen molar-refractivity contribution in [3.05, 3.63) is 59.2 Å². The van der Waals surface area contributed by atoms with Gasteiger partial charge in [0.15, 0.2) is 0 Å². The first kappa shape index (κ1) is 22.1. The predicted octanol–water partition coefficient (Wildman–Crippen LogP) is 1.97. The lowest BCUT2D eigenvalue weighted by atomic mass is 10.0. The Kier molecular flexibility index (Phi) is 5.57. The summed E-state index contributed by atoms with van der Waals surface area (Å²) < 4.78 is 0. The third-order valence-corrected chi connectivity index (χ3v) is 6.64. The number of benzene rings is 2. The van der Waals surface area contributed by atoms with E-state index in [0.717, 1.165) is 29.8 Å². The van der Waals surface area contributed by atoms with Crippen LogP contribution < -0.4 is 15.5 Å². The Hall–Kier alpha value is -3.72. The molecule has 3 heterocycles. The van der Waals surface area contributed by atoms with Gasteiger partial charge < -0.3 is 15.1 Å². The van der Waals surface area contributed by atoms with Crippen LogP contribution in [0.5, 0.6) is 0 Å². The lowest BCUT2D eigenvalue weighted by molar-refractivity contribution is -0.136. The zero-order chi connectivity index (χ0) is 24.0. The fourth-order valence-corrected chi connectivity index (χ4v) is 5.14. The Morgan fingerprint density at radius 1 is 1.12 bits per heavy atom. The number of urea groups is 1. The van der Waals surface area contributed by atoms with E-state index < -0.39 is 11.9 Å². The van der Waals surface area contributed by atoms with Crippen molar-refractivity contribution in [2.45, 2.75) is 37.9 Å². The molecule has 2 atom stereocenters. The normalized spacial score (nSPS) is 21.6. The van der Waals surface area contributed by atoms with E-state index in [-0.39, 0.29) is 36.9 Å². The maximum Gasteiger partial charge on any atom is 0.326 e. The van der Waals surface area contributed by atoms with Crippen LogP contribution in [0.2, 0.25) is 0 Å². The van der Waals surface area contributed by atoms with E-state index in [1.165, 1.54) is 4.90 Å². The maximum atomic E-state index is 13.4. The third kappa shape index (κ3) is 3.92. The van der Waals surface area contributed by atoms with Crippen LogP contribution in [0.1, 0.15) is 34.3 Å². The van der Waals surface area contributed by atoms with Crippen molar-refractivity contribution in [1.29, 1.82) is 0 Å². The second-order valence-corrected chi connectivity index (χ2v) is 9.32. The molecule has 0 radical (unpaired) electrons. The number of piperidine rings is 1. The van der Waals surface area contributed by atoms with Crippen molar-refractivity contribution in [2.75, 3.05) is 30.9 Å². The third-order valence-electron chi connectivity index (χ3n) is 6.64. The predicted molar refractivity (Wildman–Crippen MR) is 126 cm³/mol. The molecule has 0 aliphatic carbocycles. The average Bonchev–Trinajstić information content (AvgIpc) is 3.30. The molecule has 3 aliphatic heterocycles. The van der Waals surface area contributed by atoms with E-state index in [2.05, 4.69) is 21.6 Å². The number of nitrogens with one attached hydrogen (secondary N) is 2. The van der Waals surface area contributed by atoms with Gasteiger partial charge in [0, 0.05) is 36.4 Å². The summed E-state index contributed by atoms with van der Waals surface area (Å²) in [5.74, 6) is -0.987. The van der Waals surface area contributed by atoms with Crippen molar-refractivity contribution in [3.63, 3.8) is 0 Å². The highest BCUT2D eigenvalue weighted by molar-refractivity contribution is 6.07. The molecule has 1 saturated heterocycles. The summed E-state index contributed by atoms with van der Waals surface area (Å²) in [6, 6.07) is 12.3. The number of hydrogen-bond donors (Lipinski definition) is 2. The molecule has 0 spiro atoms. The highest BCUT2D eigenvalue weighted by Crippen LogP contribution is 2.34. The summed E-state index contributed by atoms with van der Waals surface area (Å²) in [7, 11) is 3.98. The first-order valence-corrected chi connectivity index (χ1v) is 11.4. The molecule has 5 rings (SSSR count). The number of amides is 5. The Morgan fingerprint density at radius 2 is 1.91 bits per heavy atom. The molecule has 1 fully saturated rings. The van der Waals surface area contributed by atoms with Gasteiger partial charge in [0.05, 0.1) is 6.04 Å². The number of carbonyl (C=O) groups is 4. The SMILES string of the molecule is CN(C)C[C@@H]1Cc2ccccc2N1C(=O)Nc1ccc2c(c1)CN(C1CCC(=O)NC1=O)C2=O. The molecule has 2 aromatic carbocycles. The van der Waals surface area contributed by atoms with Gasteiger partial charge in [0.2, 0.25) is 11.8 Å². The minimum absolute atomic E-state index is 0.0198. The molecule has 1 unspecified atom stereocenters. The lowest BCUT2D eigenvalue weighted by Crippen LogP contribution is -2.52. The zero-order valence-corrected chi connectivity index (χ0v) is 19.2. The van der Waals surface area contributed by atoms with E-state index in [0.29, 0.717) is 17.7 Å². The summed E-state index contributed by atoms with van der Waals surface area (Å²) in [6.45, 7) is 1.00. The monoisotopic (exact) mass is 461 g/mol. The van der Waals surface area contributed by atoms with Gasteiger partial charge in [-0.1, -0.05) is 18.2 Å². The summed E-state index contributed by atoms with van der Waals surface area (Å²) in [5, 5.41) is 5.31. The molecule has 0 aromatic heterocycles. The smallest absolute Gasteiger partial charge is 0.322 e. The summed E-state index contributed by atoms with van der Waals surface area (Å²) in [5.41, 5.74) is 3.91. The fourth-order valence-electron chi connectivity index (χ4n) is 5.14. The van der Waals surface area contributed by atoms with Crippen molar-refractivity contribution in [1.82, 2.24) is 15.1 Å². The molecule has 0 bridgehead atoms. The Balaban J connectivity index is 1.34. The summed E-state index contributed by atoms with van der Waals surface area (Å²) in [6.07, 6.45) is 1.32. The first-order valence-electron chi connectivity index (χ1n) is 11.4. The Morgan fingerprint density at radius 3 is 2.68 bits per heavy atom. The largest absolute Gasteiger partial charge is 0.326 e. The average molecular weight is 462 g/mol. The van der Waals surface area contributed by atoms with E-state index in [1.54, 1.807) is 18.2 Å². The first-order chi connectivity index (χ1) is 16.3. The van der Waals surface area contributed by atoms with Crippen LogP contribution >= 0.6 is 0 Å². The van der Waals surface area contributed by atoms with Crippen LogP contribution in [0.15, 0.2) is 42.5 Å². The van der Waals surface area contributed by atoms with E-state index >= 15 is 0 Å². The van der Waals surface area contributed by atoms with Gasteiger partial charge in [-0.15, -0.1) is 0 Å². The number of rotatable bonds is 4. The van der Waals surface area contributed by atoms with Gasteiger partial charge in [0.1, 0.15) is 6.04 Å². The second-order valence-electron chi connectivity index (χ2n) is 9.32. The van der Waals surface area contributed by atoms with Gasteiger partial charge in [-0.2, -0.15) is 0 Å². The molecular weight excluding hydrogens is 434 g/mol. The van der Waals surface area contributed by atoms with E-state index in [4.69, 9.17) is 0 Å². The van der Waals surface area contributed by atoms with Crippen LogP contribution in [-0.2, 0) is 22.6 Å². The molecule has 9 heteroatoms. The minimum atomic E-state index is -0.663. The van der Waals surface area contributed by atoms with Crippen LogP contribution in [0.4, 0.5) is 16.2 Å². The highest BCUT2D eigenvalue weighted by Gasteiger charge is 2.39. The standard InChI is InChI=1S/C25H27N5O4/c1-28(2)14-18-12-15-5-3-4-6-20(15)30(18)25(34)26-17-7-8-19-16(11-17)13-29(24(19)33)21-9-10-22(31)27-23(21)32/h3-8,11,18,21H,9-10,12-14H2,1-2H3,(H,26,34)(H,27,31,32)/t18-,21?/m0/s1. The van der Waals surface area contributed by atoms with Gasteiger partial charge in [-0.05, 0) is 62.3 Å². The summed E-state index contributed by atoms with van der Waals surface area (Å²) >= 11 is 0. The summed E-state index contributed by atoms with van der Waals surface area (Å²) in [4.78, 5) is 55.4. The van der Waals surface area contributed by atoms with Crippen molar-refractivity contribution in [2.24, 2.45) is 0 Å². The molecule has 5 amide bonds. The topological polar surface area (TPSA) is 102 Å². The van der Waals surface area contributed by atoms with Crippen LogP contribution in [0, 0.1) is 0 Å². The van der Waals surface area contributed by atoms with E-state index in [9.17, 15) is 19.2 Å². The zero-order valence-electron chi connectivity index (χ0n) is 19.2. The molecule has 2 aromatic rings. The molecule has 9 nitrogen and oxygen atoms in total. The molecule has 2 N–H and O–H groups in total. The maximum absolute atomic E-state index is 13.4. The number of anilines is 2. The molecule has 176 valence electrons. The fraction of sp³-hybridized carbons (Fsp3) is 0.360. The van der Waals surface area contributed by atoms with Gasteiger partial charge in [-0.25, -0.2) is 4.79 Å². The number of para-hydroxylation sites is 1. The molecule has 34 heavy (non-hydrogen) atoms. The lowest BCUT2D eigenvalue weighted by Gasteiger charge is -2.29.